The van der Waals surface area contributed by atoms with Gasteiger partial charge in [0.15, 0.2) is 0 Å². The summed E-state index contributed by atoms with van der Waals surface area (Å²) in [5, 5.41) is 0. The molecule has 2 rings (SSSR count). The highest BCUT2D eigenvalue weighted by molar-refractivity contribution is 7.48. The molecule has 0 radical (unpaired) electrons. The van der Waals surface area contributed by atoms with Crippen molar-refractivity contribution in [3.63, 3.8) is 0 Å². The lowest BCUT2D eigenvalue weighted by Gasteiger charge is -2.32. The fraction of sp³-hybridized carbons (Fsp3) is 0.600. The van der Waals surface area contributed by atoms with Gasteiger partial charge in [0.2, 0.25) is 0 Å². The Kier molecular flexibility index (Phi) is 10.3. The molecule has 2 aromatic rings. The zero-order chi connectivity index (χ0) is 30.9. The van der Waals surface area contributed by atoms with E-state index in [0.717, 1.165) is 22.3 Å². The molecule has 2 atom stereocenters. The molecule has 0 aromatic heterocycles. The molecule has 8 nitrogen and oxygen atoms in total. The summed E-state index contributed by atoms with van der Waals surface area (Å²) in [4.78, 5) is 20.9. The van der Waals surface area contributed by atoms with E-state index in [1.165, 1.54) is 0 Å². The van der Waals surface area contributed by atoms with Crippen LogP contribution >= 0.6 is 15.6 Å². The van der Waals surface area contributed by atoms with E-state index in [0.29, 0.717) is 0 Å². The molecule has 0 aliphatic rings. The summed E-state index contributed by atoms with van der Waals surface area (Å²) < 4.78 is 46.8. The Morgan fingerprint density at radius 1 is 0.550 bits per heavy atom. The Hall–Kier alpha value is -1.66. The Morgan fingerprint density at radius 2 is 0.850 bits per heavy atom. The molecular weight excluding hydrogens is 550 g/mol. The number of phosphoric acid groups is 2. The Morgan fingerprint density at radius 3 is 1.10 bits per heavy atom. The van der Waals surface area contributed by atoms with Gasteiger partial charge in [-0.1, -0.05) is 107 Å². The summed E-state index contributed by atoms with van der Waals surface area (Å²) >= 11 is 0. The van der Waals surface area contributed by atoms with Gasteiger partial charge in [-0.25, -0.2) is 9.13 Å². The van der Waals surface area contributed by atoms with Gasteiger partial charge in [-0.15, -0.1) is 0 Å². The van der Waals surface area contributed by atoms with Gasteiger partial charge in [0.1, 0.15) is 11.5 Å². The third-order valence-electron chi connectivity index (χ3n) is 6.19. The van der Waals surface area contributed by atoms with Gasteiger partial charge in [0, 0.05) is 11.1 Å². The minimum Gasteiger partial charge on any atom is -0.404 e. The molecule has 2 aromatic carbocycles. The van der Waals surface area contributed by atoms with E-state index in [1.54, 1.807) is 24.3 Å². The maximum Gasteiger partial charge on any atom is 0.527 e. The Bertz CT molecular complexity index is 1180. The van der Waals surface area contributed by atoms with E-state index in [2.05, 4.69) is 41.5 Å². The van der Waals surface area contributed by atoms with Crippen molar-refractivity contribution in [2.45, 2.75) is 105 Å². The fourth-order valence-corrected chi connectivity index (χ4v) is 6.14. The van der Waals surface area contributed by atoms with Crippen LogP contribution in [0.25, 0.3) is 0 Å². The molecule has 0 aliphatic heterocycles. The first-order chi connectivity index (χ1) is 17.9. The van der Waals surface area contributed by atoms with Crippen LogP contribution in [0.5, 0.6) is 11.5 Å². The van der Waals surface area contributed by atoms with Crippen LogP contribution in [0.3, 0.4) is 0 Å². The second-order valence-corrected chi connectivity index (χ2v) is 16.9. The molecule has 2 N–H and O–H groups in total. The van der Waals surface area contributed by atoms with Gasteiger partial charge >= 0.3 is 15.6 Å². The van der Waals surface area contributed by atoms with Crippen LogP contribution in [0.1, 0.15) is 105 Å². The maximum atomic E-state index is 12.8. The third kappa shape index (κ3) is 9.44. The molecular formula is C30H48O8P2. The normalized spacial score (nSPS) is 16.2. The lowest BCUT2D eigenvalue weighted by molar-refractivity contribution is 0.138. The second kappa shape index (κ2) is 11.9. The summed E-state index contributed by atoms with van der Waals surface area (Å²) in [6.45, 7) is 23.4. The first kappa shape index (κ1) is 34.5. The fourth-order valence-electron chi connectivity index (χ4n) is 4.62. The van der Waals surface area contributed by atoms with Crippen LogP contribution in [0.4, 0.5) is 0 Å². The standard InChI is InChI=1S/C30H48O8P2/c1-27(2,3)21-15-13-17-23(25(21)29(7,8)9)37-39(31,32)35-19-20-36-40(33,34)38-24-18-14-16-22(28(4,5)6)26(24)30(10,11)12/h13-18H,19-20H2,1-12H3,(H,31,32)(H,33,34). The first-order valence-corrected chi connectivity index (χ1v) is 16.5. The van der Waals surface area contributed by atoms with Crippen molar-refractivity contribution in [1.29, 1.82) is 0 Å². The number of rotatable bonds is 9. The molecule has 40 heavy (non-hydrogen) atoms. The third-order valence-corrected chi connectivity index (χ3v) is 8.06. The zero-order valence-electron chi connectivity index (χ0n) is 26.1. The SMILES string of the molecule is CC(C)(C)c1cccc(OP(=O)(O)OCCOP(=O)(O)Oc2cccc(C(C)(C)C)c2C(C)(C)C)c1C(C)(C)C. The molecule has 226 valence electrons. The predicted octanol–water partition coefficient (Wildman–Crippen LogP) is 8.57. The monoisotopic (exact) mass is 598 g/mol. The number of hydrogen-bond donors (Lipinski definition) is 2. The second-order valence-electron chi connectivity index (χ2n) is 14.1. The molecule has 0 saturated carbocycles. The number of hydrogen-bond acceptors (Lipinski definition) is 6. The Balaban J connectivity index is 2.15. The minimum atomic E-state index is -4.58. The highest BCUT2D eigenvalue weighted by atomic mass is 31.2. The topological polar surface area (TPSA) is 112 Å². The Labute approximate surface area is 240 Å². The van der Waals surface area contributed by atoms with Crippen LogP contribution in [-0.2, 0) is 39.8 Å². The van der Waals surface area contributed by atoms with E-state index in [-0.39, 0.29) is 33.2 Å². The van der Waals surface area contributed by atoms with Crippen LogP contribution < -0.4 is 9.05 Å². The van der Waals surface area contributed by atoms with Crippen molar-refractivity contribution in [3.8, 4) is 11.5 Å². The van der Waals surface area contributed by atoms with E-state index < -0.39 is 28.9 Å². The van der Waals surface area contributed by atoms with Crippen molar-refractivity contribution in [2.24, 2.45) is 0 Å². The summed E-state index contributed by atoms with van der Waals surface area (Å²) in [5.41, 5.74) is 2.39. The van der Waals surface area contributed by atoms with Crippen LogP contribution in [-0.4, -0.2) is 23.0 Å². The summed E-state index contributed by atoms with van der Waals surface area (Å²) in [6.07, 6.45) is 0. The van der Waals surface area contributed by atoms with E-state index in [4.69, 9.17) is 18.1 Å². The molecule has 2 unspecified atom stereocenters. The van der Waals surface area contributed by atoms with Crippen LogP contribution in [0.15, 0.2) is 36.4 Å². The summed E-state index contributed by atoms with van der Waals surface area (Å²) in [6, 6.07) is 10.8. The van der Waals surface area contributed by atoms with Crippen LogP contribution in [0, 0.1) is 0 Å². The molecule has 0 amide bonds. The number of phosphoric ester groups is 2. The molecule has 0 aliphatic carbocycles. The van der Waals surface area contributed by atoms with E-state index >= 15 is 0 Å². The molecule has 0 saturated heterocycles. The van der Waals surface area contributed by atoms with Crippen molar-refractivity contribution in [1.82, 2.24) is 0 Å². The highest BCUT2D eigenvalue weighted by Gasteiger charge is 2.34. The van der Waals surface area contributed by atoms with Gasteiger partial charge < -0.3 is 9.05 Å². The zero-order valence-corrected chi connectivity index (χ0v) is 27.9. The smallest absolute Gasteiger partial charge is 0.404 e. The highest BCUT2D eigenvalue weighted by Crippen LogP contribution is 2.51. The van der Waals surface area contributed by atoms with Gasteiger partial charge in [-0.2, -0.15) is 0 Å². The molecule has 0 heterocycles. The molecule has 10 heteroatoms. The molecule has 0 spiro atoms. The summed E-state index contributed by atoms with van der Waals surface area (Å²) in [7, 11) is -9.16. The van der Waals surface area contributed by atoms with E-state index in [1.807, 2.05) is 53.7 Å². The van der Waals surface area contributed by atoms with Crippen molar-refractivity contribution < 1.29 is 37.0 Å². The maximum absolute atomic E-state index is 12.8. The van der Waals surface area contributed by atoms with Gasteiger partial charge in [0.25, 0.3) is 0 Å². The lowest BCUT2D eigenvalue weighted by atomic mass is 9.75. The van der Waals surface area contributed by atoms with Crippen molar-refractivity contribution >= 4 is 15.6 Å². The first-order valence-electron chi connectivity index (χ1n) is 13.5. The number of benzene rings is 2. The predicted molar refractivity (Wildman–Crippen MR) is 160 cm³/mol. The summed E-state index contributed by atoms with van der Waals surface area (Å²) in [5.74, 6) is 0.493. The molecule has 0 bridgehead atoms. The average Bonchev–Trinajstić information content (AvgIpc) is 2.73. The van der Waals surface area contributed by atoms with Gasteiger partial charge in [-0.3, -0.25) is 18.8 Å². The lowest BCUT2D eigenvalue weighted by Crippen LogP contribution is -2.23. The minimum absolute atomic E-state index is 0.225. The van der Waals surface area contributed by atoms with Crippen molar-refractivity contribution in [2.75, 3.05) is 13.2 Å². The largest absolute Gasteiger partial charge is 0.527 e. The van der Waals surface area contributed by atoms with Crippen LogP contribution in [0.2, 0.25) is 0 Å². The van der Waals surface area contributed by atoms with Crippen molar-refractivity contribution in [3.05, 3.63) is 58.7 Å². The average molecular weight is 599 g/mol. The quantitative estimate of drug-likeness (QED) is 0.218. The molecule has 0 fully saturated rings. The van der Waals surface area contributed by atoms with Gasteiger partial charge in [0.05, 0.1) is 13.2 Å². The van der Waals surface area contributed by atoms with Gasteiger partial charge in [-0.05, 0) is 44.9 Å². The van der Waals surface area contributed by atoms with E-state index in [9.17, 15) is 18.9 Å².